The molecule has 0 radical (unpaired) electrons. The van der Waals surface area contributed by atoms with Crippen molar-refractivity contribution in [1.29, 1.82) is 0 Å². The Bertz CT molecular complexity index is 819. The predicted molar refractivity (Wildman–Crippen MR) is 84.7 cm³/mol. The van der Waals surface area contributed by atoms with Crippen LogP contribution in [0.15, 0.2) is 30.4 Å². The van der Waals surface area contributed by atoms with E-state index in [0.717, 1.165) is 4.90 Å². The zero-order chi connectivity index (χ0) is 17.2. The van der Waals surface area contributed by atoms with Gasteiger partial charge in [-0.2, -0.15) is 0 Å². The Labute approximate surface area is 143 Å². The van der Waals surface area contributed by atoms with Crippen LogP contribution in [0, 0.1) is 11.8 Å². The average molecular weight is 348 g/mol. The fraction of sp³-hybridized carbons (Fsp3) is 0.353. The summed E-state index contributed by atoms with van der Waals surface area (Å²) in [5, 5.41) is 0.196. The van der Waals surface area contributed by atoms with E-state index in [0.29, 0.717) is 5.69 Å². The maximum atomic E-state index is 12.9. The summed E-state index contributed by atoms with van der Waals surface area (Å²) in [7, 11) is 1.24. The molecule has 0 N–H and O–H groups in total. The minimum absolute atomic E-state index is 0.109. The molecule has 7 heteroatoms. The number of benzene rings is 1. The molecular weight excluding hydrogens is 334 g/mol. The maximum Gasteiger partial charge on any atom is 0.339 e. The van der Waals surface area contributed by atoms with E-state index in [-0.39, 0.29) is 28.5 Å². The summed E-state index contributed by atoms with van der Waals surface area (Å²) in [5.41, 5.74) is -0.334. The van der Waals surface area contributed by atoms with Crippen LogP contribution >= 0.6 is 11.6 Å². The number of methoxy groups -OCH3 is 1. The fourth-order valence-electron chi connectivity index (χ4n) is 3.83. The van der Waals surface area contributed by atoms with Crippen LogP contribution in [0.1, 0.15) is 17.3 Å². The van der Waals surface area contributed by atoms with Gasteiger partial charge in [0, 0.05) is 0 Å². The lowest BCUT2D eigenvalue weighted by Crippen LogP contribution is -2.38. The van der Waals surface area contributed by atoms with Gasteiger partial charge in [0.1, 0.15) is 0 Å². The second kappa shape index (κ2) is 4.91. The van der Waals surface area contributed by atoms with E-state index in [1.54, 1.807) is 6.07 Å². The highest BCUT2D eigenvalue weighted by molar-refractivity contribution is 6.34. The van der Waals surface area contributed by atoms with Crippen LogP contribution < -0.4 is 4.90 Å². The minimum Gasteiger partial charge on any atom is -0.465 e. The van der Waals surface area contributed by atoms with Crippen LogP contribution in [0.3, 0.4) is 0 Å². The van der Waals surface area contributed by atoms with E-state index in [1.807, 2.05) is 19.1 Å². The standard InChI is InChI=1S/C17H14ClNO5/c1-17-6-5-11(24-17)12-13(17)15(21)19(14(12)20)8-3-4-10(18)9(7-8)16(22)23-2/h3-7,11-13H,1-2H3/t11-,12-,13-,17+/m0/s1. The number of carbonyl (C=O) groups excluding carboxylic acids is 3. The van der Waals surface area contributed by atoms with Crippen molar-refractivity contribution in [1.82, 2.24) is 0 Å². The van der Waals surface area contributed by atoms with Gasteiger partial charge in [-0.1, -0.05) is 23.8 Å². The summed E-state index contributed by atoms with van der Waals surface area (Å²) >= 11 is 6.00. The van der Waals surface area contributed by atoms with Gasteiger partial charge in [0.15, 0.2) is 0 Å². The number of ether oxygens (including phenoxy) is 2. The third kappa shape index (κ3) is 1.84. The van der Waals surface area contributed by atoms with Crippen molar-refractivity contribution in [3.8, 4) is 0 Å². The second-order valence-corrected chi connectivity index (χ2v) is 6.70. The van der Waals surface area contributed by atoms with Gasteiger partial charge in [0.25, 0.3) is 0 Å². The number of imide groups is 1. The molecule has 2 bridgehead atoms. The van der Waals surface area contributed by atoms with Crippen molar-refractivity contribution in [2.75, 3.05) is 12.0 Å². The summed E-state index contributed by atoms with van der Waals surface area (Å²) in [6.07, 6.45) is 3.29. The van der Waals surface area contributed by atoms with E-state index in [2.05, 4.69) is 4.74 Å². The number of esters is 1. The lowest BCUT2D eigenvalue weighted by Gasteiger charge is -2.24. The Morgan fingerprint density at radius 3 is 2.75 bits per heavy atom. The maximum absolute atomic E-state index is 12.9. The first-order chi connectivity index (χ1) is 11.4. The molecule has 0 saturated carbocycles. The molecule has 24 heavy (non-hydrogen) atoms. The number of carbonyl (C=O) groups is 3. The van der Waals surface area contributed by atoms with Gasteiger partial charge in [0.2, 0.25) is 11.8 Å². The van der Waals surface area contributed by atoms with Gasteiger partial charge >= 0.3 is 5.97 Å². The van der Waals surface area contributed by atoms with Crippen molar-refractivity contribution in [2.45, 2.75) is 18.6 Å². The van der Waals surface area contributed by atoms with Gasteiger partial charge in [-0.05, 0) is 25.1 Å². The molecule has 2 saturated heterocycles. The van der Waals surface area contributed by atoms with Gasteiger partial charge in [-0.3, -0.25) is 9.59 Å². The molecule has 2 fully saturated rings. The molecule has 3 aliphatic rings. The highest BCUT2D eigenvalue weighted by Crippen LogP contribution is 2.52. The zero-order valence-electron chi connectivity index (χ0n) is 13.0. The molecule has 0 aliphatic carbocycles. The fourth-order valence-corrected chi connectivity index (χ4v) is 4.02. The molecule has 124 valence electrons. The van der Waals surface area contributed by atoms with Gasteiger partial charge < -0.3 is 9.47 Å². The molecular formula is C17H14ClNO5. The number of anilines is 1. The lowest BCUT2D eigenvalue weighted by atomic mass is 9.78. The van der Waals surface area contributed by atoms with Crippen molar-refractivity contribution in [3.63, 3.8) is 0 Å². The number of hydrogen-bond donors (Lipinski definition) is 0. The Morgan fingerprint density at radius 1 is 1.33 bits per heavy atom. The van der Waals surface area contributed by atoms with Gasteiger partial charge in [-0.25, -0.2) is 9.69 Å². The normalized spacial score (nSPS) is 33.3. The Kier molecular flexibility index (Phi) is 3.14. The van der Waals surface area contributed by atoms with E-state index in [1.165, 1.54) is 19.2 Å². The number of amides is 2. The molecule has 3 aliphatic heterocycles. The molecule has 1 aromatic rings. The summed E-state index contributed by atoms with van der Waals surface area (Å²) in [4.78, 5) is 38.6. The Morgan fingerprint density at radius 2 is 2.08 bits per heavy atom. The third-order valence-electron chi connectivity index (χ3n) is 4.94. The van der Waals surface area contributed by atoms with Crippen molar-refractivity contribution in [2.24, 2.45) is 11.8 Å². The second-order valence-electron chi connectivity index (χ2n) is 6.30. The van der Waals surface area contributed by atoms with Crippen LogP contribution in [0.5, 0.6) is 0 Å². The van der Waals surface area contributed by atoms with Crippen molar-refractivity contribution in [3.05, 3.63) is 40.9 Å². The zero-order valence-corrected chi connectivity index (χ0v) is 13.7. The molecule has 4 atom stereocenters. The lowest BCUT2D eigenvalue weighted by molar-refractivity contribution is -0.126. The van der Waals surface area contributed by atoms with Crippen LogP contribution in [0.2, 0.25) is 5.02 Å². The summed E-state index contributed by atoms with van der Waals surface area (Å²) in [6.45, 7) is 1.81. The number of nitrogens with zero attached hydrogens (tertiary/aromatic N) is 1. The smallest absolute Gasteiger partial charge is 0.339 e. The molecule has 4 rings (SSSR count). The van der Waals surface area contributed by atoms with Crippen molar-refractivity contribution < 1.29 is 23.9 Å². The van der Waals surface area contributed by atoms with Crippen molar-refractivity contribution >= 4 is 35.1 Å². The highest BCUT2D eigenvalue weighted by Gasteiger charge is 2.66. The van der Waals surface area contributed by atoms with Crippen LogP contribution in [-0.2, 0) is 19.1 Å². The summed E-state index contributed by atoms with van der Waals surface area (Å²) in [6, 6.07) is 4.43. The first-order valence-electron chi connectivity index (χ1n) is 7.50. The van der Waals surface area contributed by atoms with Crippen LogP contribution in [0.4, 0.5) is 5.69 Å². The number of halogens is 1. The van der Waals surface area contributed by atoms with Crippen LogP contribution in [-0.4, -0.2) is 36.6 Å². The molecule has 6 nitrogen and oxygen atoms in total. The monoisotopic (exact) mass is 347 g/mol. The quantitative estimate of drug-likeness (QED) is 0.464. The van der Waals surface area contributed by atoms with Gasteiger partial charge in [-0.15, -0.1) is 0 Å². The number of hydrogen-bond acceptors (Lipinski definition) is 5. The first kappa shape index (κ1) is 15.4. The molecule has 3 heterocycles. The van der Waals surface area contributed by atoms with E-state index in [4.69, 9.17) is 16.3 Å². The van der Waals surface area contributed by atoms with Gasteiger partial charge in [0.05, 0.1) is 46.9 Å². The average Bonchev–Trinajstić information content (AvgIpc) is 3.16. The topological polar surface area (TPSA) is 72.9 Å². The molecule has 0 spiro atoms. The SMILES string of the molecule is COC(=O)c1cc(N2C(=O)[C@H]3[C@@H]4C=C[C@@](C)(O4)[C@@H]3C2=O)ccc1Cl. The first-order valence-corrected chi connectivity index (χ1v) is 7.88. The largest absolute Gasteiger partial charge is 0.465 e. The Hall–Kier alpha value is -2.18. The summed E-state index contributed by atoms with van der Waals surface area (Å²) < 4.78 is 10.5. The molecule has 0 unspecified atom stereocenters. The number of fused-ring (bicyclic) bond motifs is 5. The minimum atomic E-state index is -0.756. The van der Waals surface area contributed by atoms with E-state index >= 15 is 0 Å². The van der Waals surface area contributed by atoms with Crippen LogP contribution in [0.25, 0.3) is 0 Å². The van der Waals surface area contributed by atoms with E-state index < -0.39 is 23.4 Å². The highest BCUT2D eigenvalue weighted by atomic mass is 35.5. The summed E-state index contributed by atoms with van der Waals surface area (Å²) in [5.74, 6) is -2.33. The molecule has 1 aromatic carbocycles. The predicted octanol–water partition coefficient (Wildman–Crippen LogP) is 1.96. The number of rotatable bonds is 2. The Balaban J connectivity index is 1.76. The van der Waals surface area contributed by atoms with E-state index in [9.17, 15) is 14.4 Å². The molecule has 2 amide bonds. The molecule has 0 aromatic heterocycles. The third-order valence-corrected chi connectivity index (χ3v) is 5.27.